The largest absolute Gasteiger partial charge is 0.465 e. The fraction of sp³-hybridized carbons (Fsp3) is 0.290. The van der Waals surface area contributed by atoms with Crippen molar-refractivity contribution in [1.29, 1.82) is 0 Å². The number of hydrogen-bond acceptors (Lipinski definition) is 8. The van der Waals surface area contributed by atoms with Crippen molar-refractivity contribution in [3.8, 4) is 19.5 Å². The number of ether oxygens (including phenoxy) is 2. The van der Waals surface area contributed by atoms with Crippen molar-refractivity contribution in [2.75, 3.05) is 13.2 Å². The van der Waals surface area contributed by atoms with Crippen LogP contribution in [-0.4, -0.2) is 25.2 Å². The van der Waals surface area contributed by atoms with Crippen LogP contribution in [0.4, 0.5) is 0 Å². The van der Waals surface area contributed by atoms with E-state index in [1.807, 2.05) is 35.0 Å². The summed E-state index contributed by atoms with van der Waals surface area (Å²) in [6.07, 6.45) is 5.21. The van der Waals surface area contributed by atoms with E-state index in [2.05, 4.69) is 48.2 Å². The highest BCUT2D eigenvalue weighted by molar-refractivity contribution is 7.21. The topological polar surface area (TPSA) is 52.6 Å². The van der Waals surface area contributed by atoms with E-state index in [0.29, 0.717) is 0 Å². The lowest BCUT2D eigenvalue weighted by molar-refractivity contribution is -0.149. The minimum atomic E-state index is -0.245. The molecular formula is C31H30O4S4. The Morgan fingerprint density at radius 2 is 1.21 bits per heavy atom. The summed E-state index contributed by atoms with van der Waals surface area (Å²) in [4.78, 5) is 30.2. The van der Waals surface area contributed by atoms with Gasteiger partial charge in [0.05, 0.1) is 26.1 Å². The molecule has 202 valence electrons. The highest BCUT2D eigenvalue weighted by Crippen LogP contribution is 2.43. The molecule has 0 spiro atoms. The van der Waals surface area contributed by atoms with Crippen LogP contribution < -0.4 is 0 Å². The zero-order valence-electron chi connectivity index (χ0n) is 21.5. The summed E-state index contributed by atoms with van der Waals surface area (Å²) in [7, 11) is 0. The van der Waals surface area contributed by atoms with Crippen LogP contribution in [0, 0.1) is 23.7 Å². The molecule has 0 aromatic carbocycles. The predicted octanol–water partition coefficient (Wildman–Crippen LogP) is 8.38. The number of carbonyl (C=O) groups is 2. The molecule has 4 heterocycles. The molecule has 1 saturated carbocycles. The van der Waals surface area contributed by atoms with Gasteiger partial charge in [0.25, 0.3) is 0 Å². The fourth-order valence-corrected chi connectivity index (χ4v) is 8.70. The molecule has 0 radical (unpaired) electrons. The van der Waals surface area contributed by atoms with Gasteiger partial charge >= 0.3 is 11.9 Å². The summed E-state index contributed by atoms with van der Waals surface area (Å²) in [6, 6.07) is 12.3. The standard InChI is InChI=1S/C31H30O4S4/c1-3-22-15-23(4-2)25(17-35-31(33)14-21-12-29(39-19-21)27-8-6-10-37-27)24(22)16-34-30(32)13-20-11-28(38-18-20)26-7-5-9-36-26/h3-12,18-19,22-25H,1-2,13-17H2. The Morgan fingerprint density at radius 1 is 0.744 bits per heavy atom. The first-order valence-corrected chi connectivity index (χ1v) is 16.3. The lowest BCUT2D eigenvalue weighted by Crippen LogP contribution is -2.28. The van der Waals surface area contributed by atoms with Gasteiger partial charge in [-0.05, 0) is 75.2 Å². The number of hydrogen-bond donors (Lipinski definition) is 0. The van der Waals surface area contributed by atoms with Crippen molar-refractivity contribution in [3.05, 3.63) is 94.4 Å². The zero-order valence-corrected chi connectivity index (χ0v) is 24.7. The molecule has 8 heteroatoms. The van der Waals surface area contributed by atoms with Crippen molar-refractivity contribution in [3.63, 3.8) is 0 Å². The van der Waals surface area contributed by atoms with E-state index in [4.69, 9.17) is 9.47 Å². The third-order valence-electron chi connectivity index (χ3n) is 7.21. The lowest BCUT2D eigenvalue weighted by Gasteiger charge is -2.24. The first kappa shape index (κ1) is 27.8. The Balaban J connectivity index is 1.15. The van der Waals surface area contributed by atoms with Gasteiger partial charge in [-0.1, -0.05) is 24.3 Å². The molecule has 1 aliphatic rings. The second kappa shape index (κ2) is 13.0. The summed E-state index contributed by atoms with van der Waals surface area (Å²) in [5.41, 5.74) is 1.93. The van der Waals surface area contributed by atoms with E-state index in [1.165, 1.54) is 9.75 Å². The second-order valence-corrected chi connectivity index (χ2v) is 13.4. The Labute approximate surface area is 245 Å². The van der Waals surface area contributed by atoms with Gasteiger partial charge in [-0.2, -0.15) is 0 Å². The van der Waals surface area contributed by atoms with Gasteiger partial charge in [-0.15, -0.1) is 58.5 Å². The monoisotopic (exact) mass is 594 g/mol. The summed E-state index contributed by atoms with van der Waals surface area (Å²) in [5, 5.41) is 8.14. The Morgan fingerprint density at radius 3 is 1.59 bits per heavy atom. The Hall–Kier alpha value is -2.78. The highest BCUT2D eigenvalue weighted by atomic mass is 32.1. The maximum atomic E-state index is 12.7. The number of rotatable bonds is 12. The molecule has 0 N–H and O–H groups in total. The Bertz CT molecular complexity index is 1290. The van der Waals surface area contributed by atoms with Crippen molar-refractivity contribution in [1.82, 2.24) is 0 Å². The molecular weight excluding hydrogens is 565 g/mol. The highest BCUT2D eigenvalue weighted by Gasteiger charge is 2.42. The molecule has 4 aromatic rings. The fourth-order valence-electron chi connectivity index (χ4n) is 5.18. The van der Waals surface area contributed by atoms with Gasteiger partial charge in [0, 0.05) is 31.3 Å². The quantitative estimate of drug-likeness (QED) is 0.122. The van der Waals surface area contributed by atoms with E-state index in [1.54, 1.807) is 45.3 Å². The predicted molar refractivity (Wildman–Crippen MR) is 164 cm³/mol. The van der Waals surface area contributed by atoms with Crippen LogP contribution in [0.25, 0.3) is 19.5 Å². The van der Waals surface area contributed by atoms with Crippen LogP contribution in [0.1, 0.15) is 17.5 Å². The van der Waals surface area contributed by atoms with Gasteiger partial charge in [0.2, 0.25) is 0 Å². The first-order chi connectivity index (χ1) is 19.0. The maximum Gasteiger partial charge on any atom is 0.310 e. The van der Waals surface area contributed by atoms with E-state index < -0.39 is 0 Å². The molecule has 39 heavy (non-hydrogen) atoms. The smallest absolute Gasteiger partial charge is 0.310 e. The molecule has 0 bridgehead atoms. The molecule has 1 fully saturated rings. The van der Waals surface area contributed by atoms with Crippen molar-refractivity contribution in [2.24, 2.45) is 23.7 Å². The summed E-state index contributed by atoms with van der Waals surface area (Å²) < 4.78 is 11.5. The molecule has 4 aromatic heterocycles. The van der Waals surface area contributed by atoms with Gasteiger partial charge in [0.1, 0.15) is 0 Å². The van der Waals surface area contributed by atoms with E-state index in [9.17, 15) is 9.59 Å². The lowest BCUT2D eigenvalue weighted by atomic mass is 9.88. The Kier molecular flexibility index (Phi) is 9.29. The normalized spacial score (nSPS) is 20.5. The average molecular weight is 595 g/mol. The number of thiophene rings is 4. The summed E-state index contributed by atoms with van der Waals surface area (Å²) in [5.74, 6) is -0.103. The number of esters is 2. The van der Waals surface area contributed by atoms with Gasteiger partial charge in [0.15, 0.2) is 0 Å². The molecule has 0 saturated heterocycles. The van der Waals surface area contributed by atoms with Gasteiger partial charge in [-0.3, -0.25) is 9.59 Å². The van der Waals surface area contributed by atoms with Crippen LogP contribution in [0.3, 0.4) is 0 Å². The van der Waals surface area contributed by atoms with Gasteiger partial charge < -0.3 is 9.47 Å². The van der Waals surface area contributed by atoms with Crippen molar-refractivity contribution in [2.45, 2.75) is 19.3 Å². The van der Waals surface area contributed by atoms with E-state index >= 15 is 0 Å². The van der Waals surface area contributed by atoms with Crippen LogP contribution in [-0.2, 0) is 31.9 Å². The third-order valence-corrected chi connectivity index (χ3v) is 11.3. The van der Waals surface area contributed by atoms with Gasteiger partial charge in [-0.25, -0.2) is 0 Å². The van der Waals surface area contributed by atoms with Crippen LogP contribution in [0.15, 0.2) is 83.2 Å². The van der Waals surface area contributed by atoms with Crippen LogP contribution >= 0.6 is 45.3 Å². The molecule has 1 aliphatic carbocycles. The minimum Gasteiger partial charge on any atom is -0.465 e. The average Bonchev–Trinajstić information content (AvgIpc) is 3.76. The van der Waals surface area contributed by atoms with Crippen molar-refractivity contribution >= 4 is 57.3 Å². The van der Waals surface area contributed by atoms with Crippen LogP contribution in [0.2, 0.25) is 0 Å². The molecule has 4 unspecified atom stereocenters. The van der Waals surface area contributed by atoms with E-state index in [0.717, 1.165) is 27.3 Å². The minimum absolute atomic E-state index is 0.0259. The van der Waals surface area contributed by atoms with Crippen molar-refractivity contribution < 1.29 is 19.1 Å². The first-order valence-electron chi connectivity index (χ1n) is 12.8. The molecule has 5 rings (SSSR count). The molecule has 0 aliphatic heterocycles. The molecule has 4 nitrogen and oxygen atoms in total. The second-order valence-electron chi connectivity index (χ2n) is 9.68. The number of allylic oxidation sites excluding steroid dienone is 2. The summed E-state index contributed by atoms with van der Waals surface area (Å²) >= 11 is 6.66. The zero-order chi connectivity index (χ0) is 27.2. The maximum absolute atomic E-state index is 12.7. The number of carbonyl (C=O) groups excluding carboxylic acids is 2. The summed E-state index contributed by atoms with van der Waals surface area (Å²) in [6.45, 7) is 8.58. The molecule has 0 amide bonds. The van der Waals surface area contributed by atoms with E-state index in [-0.39, 0.29) is 61.7 Å². The third kappa shape index (κ3) is 6.87. The SMILES string of the molecule is C=CC1CC(C=C)C(COC(=O)Cc2csc(-c3cccs3)c2)C1COC(=O)Cc1csc(-c2cccs2)c1. The molecule has 4 atom stereocenters. The van der Waals surface area contributed by atoms with Crippen LogP contribution in [0.5, 0.6) is 0 Å².